The van der Waals surface area contributed by atoms with Crippen LogP contribution < -0.4 is 5.32 Å². The molecule has 0 amide bonds. The van der Waals surface area contributed by atoms with Crippen molar-refractivity contribution in [3.05, 3.63) is 34.9 Å². The van der Waals surface area contributed by atoms with Gasteiger partial charge in [0.2, 0.25) is 0 Å². The first-order chi connectivity index (χ1) is 7.06. The molecule has 1 aromatic rings. The van der Waals surface area contributed by atoms with Crippen LogP contribution in [0.15, 0.2) is 18.2 Å². The number of hydrogen-bond acceptors (Lipinski definition) is 1. The van der Waals surface area contributed by atoms with E-state index >= 15 is 0 Å². The van der Waals surface area contributed by atoms with Crippen molar-refractivity contribution in [3.63, 3.8) is 0 Å². The molecule has 1 aliphatic carbocycles. The highest BCUT2D eigenvalue weighted by Gasteiger charge is 2.50. The molecule has 0 spiro atoms. The van der Waals surface area contributed by atoms with E-state index in [-0.39, 0.29) is 0 Å². The van der Waals surface area contributed by atoms with Crippen molar-refractivity contribution in [2.24, 2.45) is 5.92 Å². The summed E-state index contributed by atoms with van der Waals surface area (Å²) in [6.07, 6.45) is 1.33. The van der Waals surface area contributed by atoms with Crippen molar-refractivity contribution in [3.8, 4) is 0 Å². The van der Waals surface area contributed by atoms with Crippen LogP contribution in [0.25, 0.3) is 0 Å². The summed E-state index contributed by atoms with van der Waals surface area (Å²) < 4.78 is 0. The third-order valence-electron chi connectivity index (χ3n) is 3.74. The summed E-state index contributed by atoms with van der Waals surface area (Å²) in [7, 11) is 2.04. The highest BCUT2D eigenvalue weighted by atomic mass is 14.8. The van der Waals surface area contributed by atoms with Crippen LogP contribution >= 0.6 is 0 Å². The molecule has 1 nitrogen and oxygen atoms in total. The Morgan fingerprint density at radius 1 is 1.27 bits per heavy atom. The smallest absolute Gasteiger partial charge is 0.00148 e. The maximum atomic E-state index is 3.28. The van der Waals surface area contributed by atoms with E-state index in [4.69, 9.17) is 0 Å². The van der Waals surface area contributed by atoms with Crippen molar-refractivity contribution in [2.45, 2.75) is 32.6 Å². The van der Waals surface area contributed by atoms with Crippen molar-refractivity contribution in [1.29, 1.82) is 0 Å². The minimum absolute atomic E-state index is 0.430. The van der Waals surface area contributed by atoms with Gasteiger partial charge in [0, 0.05) is 0 Å². The number of aryl methyl sites for hydroxylation is 2. The van der Waals surface area contributed by atoms with Crippen LogP contribution in [0.1, 0.15) is 30.0 Å². The average molecular weight is 203 g/mol. The summed E-state index contributed by atoms with van der Waals surface area (Å²) in [5.74, 6) is 0.823. The van der Waals surface area contributed by atoms with Gasteiger partial charge in [-0.05, 0) is 50.8 Å². The Balaban J connectivity index is 2.24. The quantitative estimate of drug-likeness (QED) is 0.796. The average Bonchev–Trinajstić information content (AvgIpc) is 2.77. The molecule has 1 saturated carbocycles. The summed E-state index contributed by atoms with van der Waals surface area (Å²) >= 11 is 0. The van der Waals surface area contributed by atoms with Crippen molar-refractivity contribution in [2.75, 3.05) is 13.6 Å². The van der Waals surface area contributed by atoms with Crippen LogP contribution in [-0.4, -0.2) is 13.6 Å². The predicted octanol–water partition coefficient (Wildman–Crippen LogP) is 2.80. The molecule has 0 bridgehead atoms. The second-order valence-corrected chi connectivity index (χ2v) is 5.25. The molecule has 2 rings (SSSR count). The molecule has 1 aliphatic rings. The standard InChI is InChI=1S/C14H21N/c1-10-5-11(2)7-12(6-10)14(3)8-13(14)9-15-4/h5-7,13,15H,8-9H2,1-4H3. The van der Waals surface area contributed by atoms with E-state index in [0.29, 0.717) is 5.41 Å². The molecule has 1 heteroatoms. The zero-order valence-corrected chi connectivity index (χ0v) is 10.2. The summed E-state index contributed by atoms with van der Waals surface area (Å²) in [4.78, 5) is 0. The van der Waals surface area contributed by atoms with Gasteiger partial charge in [-0.25, -0.2) is 0 Å². The SMILES string of the molecule is CNCC1CC1(C)c1cc(C)cc(C)c1. The van der Waals surface area contributed by atoms with Crippen LogP contribution in [0.3, 0.4) is 0 Å². The molecular weight excluding hydrogens is 182 g/mol. The van der Waals surface area contributed by atoms with Gasteiger partial charge in [0.15, 0.2) is 0 Å². The van der Waals surface area contributed by atoms with Gasteiger partial charge in [0.1, 0.15) is 0 Å². The maximum absolute atomic E-state index is 3.28. The lowest BCUT2D eigenvalue weighted by atomic mass is 9.92. The van der Waals surface area contributed by atoms with Gasteiger partial charge in [-0.1, -0.05) is 36.2 Å². The minimum atomic E-state index is 0.430. The Kier molecular flexibility index (Phi) is 2.59. The predicted molar refractivity (Wildman–Crippen MR) is 65.3 cm³/mol. The van der Waals surface area contributed by atoms with Gasteiger partial charge >= 0.3 is 0 Å². The molecule has 15 heavy (non-hydrogen) atoms. The van der Waals surface area contributed by atoms with Crippen molar-refractivity contribution < 1.29 is 0 Å². The number of rotatable bonds is 3. The Morgan fingerprint density at radius 2 is 1.87 bits per heavy atom. The van der Waals surface area contributed by atoms with E-state index in [2.05, 4.69) is 44.3 Å². The topological polar surface area (TPSA) is 12.0 Å². The second kappa shape index (κ2) is 3.64. The van der Waals surface area contributed by atoms with Crippen LogP contribution in [0.2, 0.25) is 0 Å². The number of nitrogens with one attached hydrogen (secondary N) is 1. The summed E-state index contributed by atoms with van der Waals surface area (Å²) in [5.41, 5.74) is 4.74. The van der Waals surface area contributed by atoms with Crippen LogP contribution in [0.4, 0.5) is 0 Å². The van der Waals surface area contributed by atoms with Gasteiger partial charge in [0.05, 0.1) is 0 Å². The maximum Gasteiger partial charge on any atom is -0.00148 e. The lowest BCUT2D eigenvalue weighted by Crippen LogP contribution is -2.16. The van der Waals surface area contributed by atoms with E-state index < -0.39 is 0 Å². The highest BCUT2D eigenvalue weighted by molar-refractivity contribution is 5.38. The zero-order valence-electron chi connectivity index (χ0n) is 10.2. The Labute approximate surface area is 92.9 Å². The molecule has 2 unspecified atom stereocenters. The minimum Gasteiger partial charge on any atom is -0.319 e. The fourth-order valence-electron chi connectivity index (χ4n) is 2.65. The van der Waals surface area contributed by atoms with Crippen LogP contribution in [0, 0.1) is 19.8 Å². The van der Waals surface area contributed by atoms with E-state index in [9.17, 15) is 0 Å². The third kappa shape index (κ3) is 1.93. The summed E-state index contributed by atoms with van der Waals surface area (Å²) in [5, 5.41) is 3.28. The monoisotopic (exact) mass is 203 g/mol. The van der Waals surface area contributed by atoms with Gasteiger partial charge in [-0.3, -0.25) is 0 Å². The number of hydrogen-bond donors (Lipinski definition) is 1. The molecular formula is C14H21N. The molecule has 0 aromatic heterocycles. The second-order valence-electron chi connectivity index (χ2n) is 5.25. The van der Waals surface area contributed by atoms with E-state index in [0.717, 1.165) is 12.5 Å². The lowest BCUT2D eigenvalue weighted by Gasteiger charge is -2.14. The molecule has 0 heterocycles. The zero-order chi connectivity index (χ0) is 11.1. The molecule has 1 aromatic carbocycles. The van der Waals surface area contributed by atoms with E-state index in [1.165, 1.54) is 23.1 Å². The molecule has 82 valence electrons. The largest absolute Gasteiger partial charge is 0.319 e. The van der Waals surface area contributed by atoms with Gasteiger partial charge < -0.3 is 5.32 Å². The molecule has 1 N–H and O–H groups in total. The fourth-order valence-corrected chi connectivity index (χ4v) is 2.65. The first-order valence-electron chi connectivity index (χ1n) is 5.79. The molecule has 0 radical (unpaired) electrons. The fraction of sp³-hybridized carbons (Fsp3) is 0.571. The number of benzene rings is 1. The van der Waals surface area contributed by atoms with Gasteiger partial charge in [-0.15, -0.1) is 0 Å². The van der Waals surface area contributed by atoms with Crippen LogP contribution in [-0.2, 0) is 5.41 Å². The summed E-state index contributed by atoms with van der Waals surface area (Å²) in [6.45, 7) is 7.91. The van der Waals surface area contributed by atoms with Gasteiger partial charge in [0.25, 0.3) is 0 Å². The normalized spacial score (nSPS) is 29.2. The molecule has 2 atom stereocenters. The lowest BCUT2D eigenvalue weighted by molar-refractivity contribution is 0.616. The Bertz CT molecular complexity index is 349. The first-order valence-corrected chi connectivity index (χ1v) is 5.79. The Hall–Kier alpha value is -0.820. The molecule has 0 aliphatic heterocycles. The highest BCUT2D eigenvalue weighted by Crippen LogP contribution is 2.53. The third-order valence-corrected chi connectivity index (χ3v) is 3.74. The van der Waals surface area contributed by atoms with Crippen LogP contribution in [0.5, 0.6) is 0 Å². The van der Waals surface area contributed by atoms with E-state index in [1.54, 1.807) is 0 Å². The van der Waals surface area contributed by atoms with E-state index in [1.807, 2.05) is 7.05 Å². The summed E-state index contributed by atoms with van der Waals surface area (Å²) in [6, 6.07) is 6.95. The van der Waals surface area contributed by atoms with Crippen molar-refractivity contribution in [1.82, 2.24) is 5.32 Å². The van der Waals surface area contributed by atoms with Gasteiger partial charge in [-0.2, -0.15) is 0 Å². The first kappa shape index (κ1) is 10.7. The molecule has 0 saturated heterocycles. The Morgan fingerprint density at radius 3 is 2.40 bits per heavy atom. The van der Waals surface area contributed by atoms with Crippen molar-refractivity contribution >= 4 is 0 Å². The molecule has 1 fully saturated rings.